The van der Waals surface area contributed by atoms with Gasteiger partial charge in [-0.1, -0.05) is 29.8 Å². The molecule has 0 radical (unpaired) electrons. The van der Waals surface area contributed by atoms with Crippen LogP contribution in [0.4, 0.5) is 5.69 Å². The number of carbonyl (C=O) groups is 1. The Morgan fingerprint density at radius 2 is 1.86 bits per heavy atom. The Kier molecular flexibility index (Phi) is 7.23. The van der Waals surface area contributed by atoms with Gasteiger partial charge in [0, 0.05) is 51.3 Å². The Labute approximate surface area is 172 Å². The molecule has 0 bridgehead atoms. The summed E-state index contributed by atoms with van der Waals surface area (Å²) in [4.78, 5) is 17.0. The van der Waals surface area contributed by atoms with Gasteiger partial charge in [0.25, 0.3) is 0 Å². The molecule has 1 N–H and O–H groups in total. The molecule has 2 aromatic carbocycles. The van der Waals surface area contributed by atoms with Crippen molar-refractivity contribution in [1.82, 2.24) is 9.80 Å². The highest BCUT2D eigenvalue weighted by Gasteiger charge is 2.19. The number of carbonyl (C=O) groups excluding carboxylic acids is 1. The first-order valence-corrected chi connectivity index (χ1v) is 9.96. The first-order chi connectivity index (χ1) is 14.1. The number of ether oxygens (including phenoxy) is 1. The molecule has 0 saturated carbocycles. The van der Waals surface area contributed by atoms with Crippen molar-refractivity contribution in [3.8, 4) is 11.8 Å². The third kappa shape index (κ3) is 5.80. The molecule has 1 saturated heterocycles. The highest BCUT2D eigenvalue weighted by Crippen LogP contribution is 2.22. The summed E-state index contributed by atoms with van der Waals surface area (Å²) >= 11 is 0. The van der Waals surface area contributed by atoms with E-state index in [9.17, 15) is 4.79 Å². The number of nitrogens with one attached hydrogen (secondary N) is 1. The van der Waals surface area contributed by atoms with Crippen LogP contribution in [-0.4, -0.2) is 55.5 Å². The Morgan fingerprint density at radius 1 is 1.14 bits per heavy atom. The van der Waals surface area contributed by atoms with Gasteiger partial charge in [-0.05, 0) is 25.1 Å². The molecule has 0 atom stereocenters. The summed E-state index contributed by atoms with van der Waals surface area (Å²) in [5.74, 6) is 0.881. The van der Waals surface area contributed by atoms with Crippen LogP contribution in [0.1, 0.15) is 23.1 Å². The lowest BCUT2D eigenvalue weighted by molar-refractivity contribution is -0.116. The van der Waals surface area contributed by atoms with E-state index in [1.54, 1.807) is 25.3 Å². The number of rotatable bonds is 7. The lowest BCUT2D eigenvalue weighted by Crippen LogP contribution is -2.46. The molecule has 1 heterocycles. The van der Waals surface area contributed by atoms with Gasteiger partial charge in [-0.25, -0.2) is 0 Å². The largest absolute Gasteiger partial charge is 0.496 e. The Balaban J connectivity index is 1.44. The predicted molar refractivity (Wildman–Crippen MR) is 114 cm³/mol. The van der Waals surface area contributed by atoms with Gasteiger partial charge in [0.2, 0.25) is 5.91 Å². The molecular weight excluding hydrogens is 364 g/mol. The Bertz CT molecular complexity index is 883. The number of nitrogens with zero attached hydrogens (tertiary/aromatic N) is 3. The first kappa shape index (κ1) is 20.8. The summed E-state index contributed by atoms with van der Waals surface area (Å²) in [6.45, 7) is 7.52. The van der Waals surface area contributed by atoms with Crippen molar-refractivity contribution in [3.63, 3.8) is 0 Å². The topological polar surface area (TPSA) is 68.6 Å². The lowest BCUT2D eigenvalue weighted by Gasteiger charge is -2.34. The van der Waals surface area contributed by atoms with Crippen LogP contribution in [0.3, 0.4) is 0 Å². The first-order valence-electron chi connectivity index (χ1n) is 9.96. The molecule has 29 heavy (non-hydrogen) atoms. The van der Waals surface area contributed by atoms with Crippen LogP contribution in [0.2, 0.25) is 0 Å². The van der Waals surface area contributed by atoms with Crippen molar-refractivity contribution >= 4 is 11.6 Å². The average molecular weight is 393 g/mol. The fourth-order valence-corrected chi connectivity index (χ4v) is 3.60. The summed E-state index contributed by atoms with van der Waals surface area (Å²) in [6.07, 6.45) is 0.422. The third-order valence-corrected chi connectivity index (χ3v) is 5.27. The van der Waals surface area contributed by atoms with Crippen LogP contribution in [0.15, 0.2) is 42.5 Å². The van der Waals surface area contributed by atoms with Crippen molar-refractivity contribution in [2.24, 2.45) is 0 Å². The fourth-order valence-electron chi connectivity index (χ4n) is 3.60. The SMILES string of the molecule is COc1ccc(C)cc1CN1CCN(CCC(=O)Nc2ccccc2C#N)CC1. The summed E-state index contributed by atoms with van der Waals surface area (Å²) in [7, 11) is 1.71. The van der Waals surface area contributed by atoms with Gasteiger partial charge in [-0.3, -0.25) is 9.69 Å². The second kappa shape index (κ2) is 10.1. The van der Waals surface area contributed by atoms with E-state index >= 15 is 0 Å². The number of para-hydroxylation sites is 1. The summed E-state index contributed by atoms with van der Waals surface area (Å²) in [5, 5.41) is 12.0. The fraction of sp³-hybridized carbons (Fsp3) is 0.391. The van der Waals surface area contributed by atoms with Gasteiger partial charge < -0.3 is 15.0 Å². The molecule has 1 amide bonds. The van der Waals surface area contributed by atoms with E-state index in [1.807, 2.05) is 12.1 Å². The van der Waals surface area contributed by atoms with Gasteiger partial charge in [-0.15, -0.1) is 0 Å². The molecule has 0 aromatic heterocycles. The number of hydrogen-bond acceptors (Lipinski definition) is 5. The van der Waals surface area contributed by atoms with E-state index in [0.717, 1.165) is 45.0 Å². The maximum atomic E-state index is 12.3. The molecule has 1 fully saturated rings. The minimum atomic E-state index is -0.0559. The molecular formula is C23H28N4O2. The van der Waals surface area contributed by atoms with Crippen LogP contribution >= 0.6 is 0 Å². The average Bonchev–Trinajstić information content (AvgIpc) is 2.74. The van der Waals surface area contributed by atoms with Gasteiger partial charge >= 0.3 is 0 Å². The van der Waals surface area contributed by atoms with Gasteiger partial charge in [-0.2, -0.15) is 5.26 Å². The summed E-state index contributed by atoms with van der Waals surface area (Å²) in [5.41, 5.74) is 3.53. The zero-order chi connectivity index (χ0) is 20.6. The highest BCUT2D eigenvalue weighted by molar-refractivity contribution is 5.92. The van der Waals surface area contributed by atoms with E-state index in [0.29, 0.717) is 17.7 Å². The molecule has 6 heteroatoms. The van der Waals surface area contributed by atoms with Gasteiger partial charge in [0.05, 0.1) is 18.4 Å². The molecule has 6 nitrogen and oxygen atoms in total. The molecule has 1 aliphatic heterocycles. The van der Waals surface area contributed by atoms with E-state index in [4.69, 9.17) is 10.00 Å². The molecule has 0 unspecified atom stereocenters. The molecule has 3 rings (SSSR count). The van der Waals surface area contributed by atoms with Crippen LogP contribution in [0.5, 0.6) is 5.75 Å². The van der Waals surface area contributed by atoms with Crippen LogP contribution in [-0.2, 0) is 11.3 Å². The van der Waals surface area contributed by atoms with Gasteiger partial charge in [0.1, 0.15) is 11.8 Å². The lowest BCUT2D eigenvalue weighted by atomic mass is 10.1. The number of piperazine rings is 1. The smallest absolute Gasteiger partial charge is 0.225 e. The van der Waals surface area contributed by atoms with Crippen molar-refractivity contribution in [2.45, 2.75) is 19.9 Å². The Morgan fingerprint density at radius 3 is 2.59 bits per heavy atom. The van der Waals surface area contributed by atoms with Crippen LogP contribution < -0.4 is 10.1 Å². The maximum Gasteiger partial charge on any atom is 0.225 e. The molecule has 0 aliphatic carbocycles. The quantitative estimate of drug-likeness (QED) is 0.784. The van der Waals surface area contributed by atoms with Crippen LogP contribution in [0, 0.1) is 18.3 Å². The van der Waals surface area contributed by atoms with E-state index in [2.05, 4.69) is 40.2 Å². The number of amides is 1. The number of aryl methyl sites for hydroxylation is 1. The van der Waals surface area contributed by atoms with E-state index in [-0.39, 0.29) is 5.91 Å². The predicted octanol–water partition coefficient (Wildman–Crippen LogP) is 3.02. The third-order valence-electron chi connectivity index (χ3n) is 5.27. The summed E-state index contributed by atoms with van der Waals surface area (Å²) < 4.78 is 5.49. The number of benzene rings is 2. The molecule has 2 aromatic rings. The van der Waals surface area contributed by atoms with E-state index < -0.39 is 0 Å². The second-order valence-electron chi connectivity index (χ2n) is 7.39. The van der Waals surface area contributed by atoms with Crippen molar-refractivity contribution in [2.75, 3.05) is 45.2 Å². The van der Waals surface area contributed by atoms with Crippen molar-refractivity contribution < 1.29 is 9.53 Å². The summed E-state index contributed by atoms with van der Waals surface area (Å²) in [6, 6.07) is 15.5. The molecule has 1 aliphatic rings. The standard InChI is InChI=1S/C23H28N4O2/c1-18-7-8-22(29-2)20(15-18)17-27-13-11-26(12-14-27)10-9-23(28)25-21-6-4-3-5-19(21)16-24/h3-8,15H,9-14,17H2,1-2H3,(H,25,28). The van der Waals surface area contributed by atoms with Gasteiger partial charge in [0.15, 0.2) is 0 Å². The molecule has 0 spiro atoms. The number of anilines is 1. The minimum absolute atomic E-state index is 0.0559. The van der Waals surface area contributed by atoms with E-state index in [1.165, 1.54) is 11.1 Å². The zero-order valence-corrected chi connectivity index (χ0v) is 17.1. The van der Waals surface area contributed by atoms with Crippen molar-refractivity contribution in [3.05, 3.63) is 59.2 Å². The number of nitriles is 1. The van der Waals surface area contributed by atoms with Crippen molar-refractivity contribution in [1.29, 1.82) is 5.26 Å². The Hall–Kier alpha value is -2.88. The second-order valence-corrected chi connectivity index (χ2v) is 7.39. The zero-order valence-electron chi connectivity index (χ0n) is 17.1. The molecule has 152 valence electrons. The maximum absolute atomic E-state index is 12.3. The normalized spacial score (nSPS) is 14.9. The van der Waals surface area contributed by atoms with Crippen LogP contribution in [0.25, 0.3) is 0 Å². The minimum Gasteiger partial charge on any atom is -0.496 e. The highest BCUT2D eigenvalue weighted by atomic mass is 16.5. The number of methoxy groups -OCH3 is 1. The monoisotopic (exact) mass is 392 g/mol. The number of hydrogen-bond donors (Lipinski definition) is 1.